The quantitative estimate of drug-likeness (QED) is 0.474. The van der Waals surface area contributed by atoms with E-state index in [1.165, 1.54) is 11.8 Å². The lowest BCUT2D eigenvalue weighted by molar-refractivity contribution is -0.142. The first-order valence-electron chi connectivity index (χ1n) is 7.88. The van der Waals surface area contributed by atoms with E-state index in [0.717, 1.165) is 11.3 Å². The lowest BCUT2D eigenvalue weighted by Gasteiger charge is -2.12. The summed E-state index contributed by atoms with van der Waals surface area (Å²) in [4.78, 5) is 16.1. The molecule has 0 N–H and O–H groups in total. The number of hydrogen-bond acceptors (Lipinski definition) is 7. The average molecular weight is 358 g/mol. The third-order valence-corrected chi connectivity index (χ3v) is 4.49. The molecular weight excluding hydrogens is 340 g/mol. The fraction of sp³-hybridized carbons (Fsp3) is 0.294. The van der Waals surface area contributed by atoms with Crippen molar-refractivity contribution in [3.05, 3.63) is 48.7 Å². The van der Waals surface area contributed by atoms with Crippen molar-refractivity contribution in [2.24, 2.45) is 0 Å². The number of ether oxygens (including phenoxy) is 1. The van der Waals surface area contributed by atoms with Crippen molar-refractivity contribution in [2.45, 2.75) is 30.8 Å². The first kappa shape index (κ1) is 17.2. The second-order valence-corrected chi connectivity index (χ2v) is 6.53. The van der Waals surface area contributed by atoms with Gasteiger partial charge in [0.25, 0.3) is 0 Å². The van der Waals surface area contributed by atoms with Crippen LogP contribution in [0, 0.1) is 0 Å². The number of rotatable bonds is 7. The van der Waals surface area contributed by atoms with Crippen molar-refractivity contribution in [1.29, 1.82) is 0 Å². The minimum atomic E-state index is -0.388. The van der Waals surface area contributed by atoms with Gasteiger partial charge in [0.15, 0.2) is 11.0 Å². The zero-order valence-corrected chi connectivity index (χ0v) is 14.8. The van der Waals surface area contributed by atoms with Gasteiger partial charge in [-0.3, -0.25) is 14.3 Å². The Morgan fingerprint density at radius 1 is 1.36 bits per heavy atom. The summed E-state index contributed by atoms with van der Waals surface area (Å²) in [5, 5.41) is 8.77. The van der Waals surface area contributed by atoms with Gasteiger partial charge in [-0.25, -0.2) is 0 Å². The van der Waals surface area contributed by atoms with Gasteiger partial charge in [-0.15, -0.1) is 10.2 Å². The van der Waals surface area contributed by atoms with E-state index in [1.807, 2.05) is 28.8 Å². The van der Waals surface area contributed by atoms with Crippen molar-refractivity contribution in [2.75, 3.05) is 6.61 Å². The number of furan rings is 1. The van der Waals surface area contributed by atoms with Gasteiger partial charge in [-0.1, -0.05) is 11.8 Å². The van der Waals surface area contributed by atoms with Crippen LogP contribution < -0.4 is 0 Å². The predicted octanol–water partition coefficient (Wildman–Crippen LogP) is 3.03. The molecule has 0 spiro atoms. The summed E-state index contributed by atoms with van der Waals surface area (Å²) in [7, 11) is 0. The maximum atomic E-state index is 11.9. The van der Waals surface area contributed by atoms with E-state index in [1.54, 1.807) is 32.5 Å². The molecule has 0 unspecified atom stereocenters. The molecule has 0 saturated carbocycles. The molecule has 0 aliphatic heterocycles. The van der Waals surface area contributed by atoms with E-state index in [2.05, 4.69) is 15.2 Å². The molecule has 0 aliphatic carbocycles. The van der Waals surface area contributed by atoms with Crippen LogP contribution in [0.2, 0.25) is 0 Å². The van der Waals surface area contributed by atoms with Crippen LogP contribution in [0.4, 0.5) is 0 Å². The van der Waals surface area contributed by atoms with Crippen molar-refractivity contribution in [1.82, 2.24) is 19.7 Å². The molecule has 3 aromatic heterocycles. The van der Waals surface area contributed by atoms with Crippen molar-refractivity contribution in [3.63, 3.8) is 0 Å². The van der Waals surface area contributed by atoms with E-state index in [-0.39, 0.29) is 11.2 Å². The number of pyridine rings is 1. The molecule has 0 saturated heterocycles. The number of esters is 1. The second-order valence-electron chi connectivity index (χ2n) is 5.23. The number of hydrogen-bond donors (Lipinski definition) is 0. The SMILES string of the molecule is CCOC(=O)[C@H](C)Sc1nnc(-c2cccnc2)n1Cc1ccco1. The molecule has 0 aliphatic rings. The molecule has 0 radical (unpaired) electrons. The summed E-state index contributed by atoms with van der Waals surface area (Å²) in [5.74, 6) is 1.17. The minimum absolute atomic E-state index is 0.275. The second kappa shape index (κ2) is 7.98. The highest BCUT2D eigenvalue weighted by molar-refractivity contribution is 8.00. The summed E-state index contributed by atoms with van der Waals surface area (Å²) in [6.07, 6.45) is 5.05. The van der Waals surface area contributed by atoms with Crippen molar-refractivity contribution < 1.29 is 13.9 Å². The van der Waals surface area contributed by atoms with Crippen LogP contribution in [0.5, 0.6) is 0 Å². The standard InChI is InChI=1S/C17H18N4O3S/c1-3-23-16(22)12(2)25-17-20-19-15(13-6-4-8-18-10-13)21(17)11-14-7-5-9-24-14/h4-10,12H,3,11H2,1-2H3/t12-/m0/s1. The minimum Gasteiger partial charge on any atom is -0.467 e. The predicted molar refractivity (Wildman–Crippen MR) is 93.0 cm³/mol. The maximum absolute atomic E-state index is 11.9. The fourth-order valence-corrected chi connectivity index (χ4v) is 3.10. The molecule has 3 heterocycles. The Bertz CT molecular complexity index is 818. The summed E-state index contributed by atoms with van der Waals surface area (Å²) in [6.45, 7) is 4.39. The molecule has 0 amide bonds. The largest absolute Gasteiger partial charge is 0.467 e. The third kappa shape index (κ3) is 4.08. The van der Waals surface area contributed by atoms with Gasteiger partial charge in [0.1, 0.15) is 11.0 Å². The molecule has 0 fully saturated rings. The molecule has 25 heavy (non-hydrogen) atoms. The van der Waals surface area contributed by atoms with Gasteiger partial charge in [0.05, 0.1) is 19.4 Å². The number of aromatic nitrogens is 4. The topological polar surface area (TPSA) is 83.0 Å². The van der Waals surface area contributed by atoms with Crippen LogP contribution in [-0.4, -0.2) is 37.6 Å². The zero-order valence-electron chi connectivity index (χ0n) is 14.0. The fourth-order valence-electron chi connectivity index (χ4n) is 2.25. The Morgan fingerprint density at radius 3 is 2.92 bits per heavy atom. The van der Waals surface area contributed by atoms with Gasteiger partial charge >= 0.3 is 5.97 Å². The number of nitrogens with zero attached hydrogens (tertiary/aromatic N) is 4. The highest BCUT2D eigenvalue weighted by Gasteiger charge is 2.22. The molecule has 1 atom stereocenters. The number of carbonyl (C=O) groups is 1. The van der Waals surface area contributed by atoms with Gasteiger partial charge < -0.3 is 9.15 Å². The Balaban J connectivity index is 1.92. The van der Waals surface area contributed by atoms with E-state index in [9.17, 15) is 4.79 Å². The lowest BCUT2D eigenvalue weighted by atomic mass is 10.2. The highest BCUT2D eigenvalue weighted by atomic mass is 32.2. The van der Waals surface area contributed by atoms with Crippen molar-refractivity contribution in [3.8, 4) is 11.4 Å². The van der Waals surface area contributed by atoms with Crippen LogP contribution >= 0.6 is 11.8 Å². The Kier molecular flexibility index (Phi) is 5.49. The monoisotopic (exact) mass is 358 g/mol. The van der Waals surface area contributed by atoms with Crippen LogP contribution in [0.25, 0.3) is 11.4 Å². The Labute approximate surface area is 149 Å². The van der Waals surface area contributed by atoms with Crippen LogP contribution in [0.3, 0.4) is 0 Å². The summed E-state index contributed by atoms with van der Waals surface area (Å²) in [5.41, 5.74) is 0.845. The average Bonchev–Trinajstić information content (AvgIpc) is 3.27. The van der Waals surface area contributed by atoms with Crippen LogP contribution in [0.15, 0.2) is 52.5 Å². The summed E-state index contributed by atoms with van der Waals surface area (Å²) >= 11 is 1.31. The smallest absolute Gasteiger partial charge is 0.319 e. The third-order valence-electron chi connectivity index (χ3n) is 3.43. The van der Waals surface area contributed by atoms with Crippen LogP contribution in [-0.2, 0) is 16.1 Å². The van der Waals surface area contributed by atoms with E-state index in [0.29, 0.717) is 24.1 Å². The Hall–Kier alpha value is -2.61. The summed E-state index contributed by atoms with van der Waals surface area (Å²) < 4.78 is 12.4. The number of carbonyl (C=O) groups excluding carboxylic acids is 1. The van der Waals surface area contributed by atoms with Gasteiger partial charge in [-0.05, 0) is 38.1 Å². The molecule has 130 valence electrons. The normalized spacial score (nSPS) is 12.1. The highest BCUT2D eigenvalue weighted by Crippen LogP contribution is 2.28. The molecule has 3 aromatic rings. The van der Waals surface area contributed by atoms with Crippen molar-refractivity contribution >= 4 is 17.7 Å². The summed E-state index contributed by atoms with van der Waals surface area (Å²) in [6, 6.07) is 7.47. The van der Waals surface area contributed by atoms with Crippen LogP contribution in [0.1, 0.15) is 19.6 Å². The molecule has 0 aromatic carbocycles. The maximum Gasteiger partial charge on any atom is 0.319 e. The first-order chi connectivity index (χ1) is 12.2. The lowest BCUT2D eigenvalue weighted by Crippen LogP contribution is -2.17. The molecule has 7 nitrogen and oxygen atoms in total. The number of thioether (sulfide) groups is 1. The molecule has 8 heteroatoms. The van der Waals surface area contributed by atoms with Gasteiger partial charge in [0.2, 0.25) is 0 Å². The van der Waals surface area contributed by atoms with E-state index < -0.39 is 0 Å². The zero-order chi connectivity index (χ0) is 17.6. The first-order valence-corrected chi connectivity index (χ1v) is 8.76. The van der Waals surface area contributed by atoms with Gasteiger partial charge in [0, 0.05) is 18.0 Å². The molecule has 3 rings (SSSR count). The van der Waals surface area contributed by atoms with Gasteiger partial charge in [-0.2, -0.15) is 0 Å². The van der Waals surface area contributed by atoms with E-state index >= 15 is 0 Å². The van der Waals surface area contributed by atoms with E-state index in [4.69, 9.17) is 9.15 Å². The Morgan fingerprint density at radius 2 is 2.24 bits per heavy atom. The molecule has 0 bridgehead atoms. The molecular formula is C17H18N4O3S.